The molecular formula is C14H22N2. The Kier molecular flexibility index (Phi) is 3.97. The largest absolute Gasteiger partial charge is 0.287 e. The average molecular weight is 218 g/mol. The molecule has 1 fully saturated rings. The van der Waals surface area contributed by atoms with Crippen molar-refractivity contribution in [2.45, 2.75) is 32.9 Å². The van der Waals surface area contributed by atoms with Crippen LogP contribution >= 0.6 is 0 Å². The lowest BCUT2D eigenvalue weighted by Crippen LogP contribution is -2.32. The Labute approximate surface area is 98.9 Å². The zero-order valence-corrected chi connectivity index (χ0v) is 10.4. The molecule has 2 heteroatoms. The molecule has 0 saturated carbocycles. The first-order valence-electron chi connectivity index (χ1n) is 6.30. The van der Waals surface area contributed by atoms with Gasteiger partial charge in [0.2, 0.25) is 0 Å². The zero-order valence-electron chi connectivity index (χ0n) is 10.4. The van der Waals surface area contributed by atoms with E-state index in [1.165, 1.54) is 25.1 Å². The van der Waals surface area contributed by atoms with Gasteiger partial charge in [-0.2, -0.15) is 0 Å². The third-order valence-electron chi connectivity index (χ3n) is 3.55. The second-order valence-electron chi connectivity index (χ2n) is 4.75. The second kappa shape index (κ2) is 5.46. The standard InChI is InChI=1S/C14H22N2/c1-3-13(2)16-10-9-15(12-16)11-14-7-5-4-6-8-14/h4-8,13H,3,9-12H2,1-2H3. The molecule has 88 valence electrons. The highest BCUT2D eigenvalue weighted by molar-refractivity contribution is 5.14. The van der Waals surface area contributed by atoms with Gasteiger partial charge in [0.25, 0.3) is 0 Å². The first-order chi connectivity index (χ1) is 7.79. The normalized spacial score (nSPS) is 20.1. The van der Waals surface area contributed by atoms with Gasteiger partial charge in [0.05, 0.1) is 6.67 Å². The monoisotopic (exact) mass is 218 g/mol. The zero-order chi connectivity index (χ0) is 11.4. The van der Waals surface area contributed by atoms with Crippen LogP contribution in [0.25, 0.3) is 0 Å². The Hall–Kier alpha value is -0.860. The van der Waals surface area contributed by atoms with Gasteiger partial charge in [-0.3, -0.25) is 9.80 Å². The molecule has 0 bridgehead atoms. The summed E-state index contributed by atoms with van der Waals surface area (Å²) in [6.07, 6.45) is 1.25. The van der Waals surface area contributed by atoms with Crippen LogP contribution in [0.4, 0.5) is 0 Å². The van der Waals surface area contributed by atoms with Crippen LogP contribution in [0, 0.1) is 0 Å². The lowest BCUT2D eigenvalue weighted by atomic mass is 10.2. The van der Waals surface area contributed by atoms with Crippen LogP contribution in [-0.2, 0) is 6.54 Å². The van der Waals surface area contributed by atoms with E-state index in [-0.39, 0.29) is 0 Å². The fourth-order valence-electron chi connectivity index (χ4n) is 2.26. The molecule has 1 aromatic rings. The Morgan fingerprint density at radius 3 is 2.62 bits per heavy atom. The maximum Gasteiger partial charge on any atom is 0.0513 e. The van der Waals surface area contributed by atoms with Crippen molar-refractivity contribution in [2.75, 3.05) is 19.8 Å². The summed E-state index contributed by atoms with van der Waals surface area (Å²) in [4.78, 5) is 5.10. The Balaban J connectivity index is 1.85. The van der Waals surface area contributed by atoms with Crippen molar-refractivity contribution in [3.63, 3.8) is 0 Å². The summed E-state index contributed by atoms with van der Waals surface area (Å²) in [5.74, 6) is 0. The Bertz CT molecular complexity index is 310. The molecule has 1 aliphatic rings. The highest BCUT2D eigenvalue weighted by Gasteiger charge is 2.22. The molecule has 2 rings (SSSR count). The van der Waals surface area contributed by atoms with Crippen molar-refractivity contribution in [2.24, 2.45) is 0 Å². The smallest absolute Gasteiger partial charge is 0.0513 e. The van der Waals surface area contributed by atoms with Gasteiger partial charge in [-0.15, -0.1) is 0 Å². The molecule has 0 radical (unpaired) electrons. The molecule has 0 N–H and O–H groups in total. The number of hydrogen-bond acceptors (Lipinski definition) is 2. The molecule has 1 atom stereocenters. The van der Waals surface area contributed by atoms with Gasteiger partial charge < -0.3 is 0 Å². The first kappa shape index (κ1) is 11.6. The van der Waals surface area contributed by atoms with Gasteiger partial charge in [-0.1, -0.05) is 37.3 Å². The number of nitrogens with zero attached hydrogens (tertiary/aromatic N) is 2. The predicted octanol–water partition coefficient (Wildman–Crippen LogP) is 2.56. The van der Waals surface area contributed by atoms with Crippen molar-refractivity contribution in [1.29, 1.82) is 0 Å². The molecule has 1 aliphatic heterocycles. The molecule has 2 nitrogen and oxygen atoms in total. The summed E-state index contributed by atoms with van der Waals surface area (Å²) in [5, 5.41) is 0. The van der Waals surface area contributed by atoms with Crippen molar-refractivity contribution in [3.05, 3.63) is 35.9 Å². The van der Waals surface area contributed by atoms with Gasteiger partial charge in [-0.25, -0.2) is 0 Å². The van der Waals surface area contributed by atoms with E-state index in [1.807, 2.05) is 0 Å². The van der Waals surface area contributed by atoms with E-state index in [4.69, 9.17) is 0 Å². The molecule has 0 aliphatic carbocycles. The average Bonchev–Trinajstić information content (AvgIpc) is 2.78. The summed E-state index contributed by atoms with van der Waals surface area (Å²) in [6.45, 7) is 9.25. The highest BCUT2D eigenvalue weighted by Crippen LogP contribution is 2.14. The van der Waals surface area contributed by atoms with Gasteiger partial charge in [0.15, 0.2) is 0 Å². The fourth-order valence-corrected chi connectivity index (χ4v) is 2.26. The molecule has 16 heavy (non-hydrogen) atoms. The first-order valence-corrected chi connectivity index (χ1v) is 6.30. The molecule has 0 amide bonds. The van der Waals surface area contributed by atoms with E-state index in [9.17, 15) is 0 Å². The number of rotatable bonds is 4. The van der Waals surface area contributed by atoms with Gasteiger partial charge in [-0.05, 0) is 18.9 Å². The van der Waals surface area contributed by atoms with E-state index < -0.39 is 0 Å². The minimum atomic E-state index is 0.723. The quantitative estimate of drug-likeness (QED) is 0.766. The van der Waals surface area contributed by atoms with E-state index >= 15 is 0 Å². The predicted molar refractivity (Wildman–Crippen MR) is 68.2 cm³/mol. The van der Waals surface area contributed by atoms with E-state index in [1.54, 1.807) is 0 Å². The molecule has 1 aromatic carbocycles. The summed E-state index contributed by atoms with van der Waals surface area (Å²) < 4.78 is 0. The summed E-state index contributed by atoms with van der Waals surface area (Å²) in [5.41, 5.74) is 1.42. The molecular weight excluding hydrogens is 196 g/mol. The van der Waals surface area contributed by atoms with Crippen molar-refractivity contribution in [3.8, 4) is 0 Å². The number of benzene rings is 1. The van der Waals surface area contributed by atoms with E-state index in [0.29, 0.717) is 0 Å². The van der Waals surface area contributed by atoms with Crippen LogP contribution in [0.1, 0.15) is 25.8 Å². The molecule has 0 spiro atoms. The van der Waals surface area contributed by atoms with Crippen molar-refractivity contribution >= 4 is 0 Å². The third-order valence-corrected chi connectivity index (χ3v) is 3.55. The van der Waals surface area contributed by atoms with Crippen LogP contribution in [0.2, 0.25) is 0 Å². The van der Waals surface area contributed by atoms with Crippen LogP contribution in [-0.4, -0.2) is 35.6 Å². The molecule has 0 aromatic heterocycles. The van der Waals surface area contributed by atoms with E-state index in [0.717, 1.165) is 19.3 Å². The van der Waals surface area contributed by atoms with Crippen molar-refractivity contribution < 1.29 is 0 Å². The number of hydrogen-bond donors (Lipinski definition) is 0. The van der Waals surface area contributed by atoms with Crippen LogP contribution < -0.4 is 0 Å². The maximum absolute atomic E-state index is 2.57. The second-order valence-corrected chi connectivity index (χ2v) is 4.75. The molecule has 1 unspecified atom stereocenters. The minimum absolute atomic E-state index is 0.723. The van der Waals surface area contributed by atoms with Crippen LogP contribution in [0.15, 0.2) is 30.3 Å². The maximum atomic E-state index is 2.57. The van der Waals surface area contributed by atoms with Crippen LogP contribution in [0.5, 0.6) is 0 Å². The van der Waals surface area contributed by atoms with Crippen molar-refractivity contribution in [1.82, 2.24) is 9.80 Å². The Morgan fingerprint density at radius 1 is 1.19 bits per heavy atom. The summed E-state index contributed by atoms with van der Waals surface area (Å²) in [6, 6.07) is 11.5. The van der Waals surface area contributed by atoms with Gasteiger partial charge >= 0.3 is 0 Å². The SMILES string of the molecule is CCC(C)N1CCN(Cc2ccccc2)C1. The molecule has 1 heterocycles. The van der Waals surface area contributed by atoms with Gasteiger partial charge in [0.1, 0.15) is 0 Å². The van der Waals surface area contributed by atoms with E-state index in [2.05, 4.69) is 54.0 Å². The summed E-state index contributed by atoms with van der Waals surface area (Å²) >= 11 is 0. The molecule has 1 saturated heterocycles. The minimum Gasteiger partial charge on any atom is -0.287 e. The fraction of sp³-hybridized carbons (Fsp3) is 0.571. The Morgan fingerprint density at radius 2 is 1.94 bits per heavy atom. The summed E-state index contributed by atoms with van der Waals surface area (Å²) in [7, 11) is 0. The topological polar surface area (TPSA) is 6.48 Å². The lowest BCUT2D eigenvalue weighted by molar-refractivity contribution is 0.194. The van der Waals surface area contributed by atoms with Crippen LogP contribution in [0.3, 0.4) is 0 Å². The van der Waals surface area contributed by atoms with Gasteiger partial charge in [0, 0.05) is 25.7 Å². The highest BCUT2D eigenvalue weighted by atomic mass is 15.4. The third kappa shape index (κ3) is 2.83. The lowest BCUT2D eigenvalue weighted by Gasteiger charge is -2.23.